The fourth-order valence-corrected chi connectivity index (χ4v) is 2.65. The highest BCUT2D eigenvalue weighted by Crippen LogP contribution is 2.34. The molecule has 0 fully saturated rings. The van der Waals surface area contributed by atoms with Crippen molar-refractivity contribution in [1.82, 2.24) is 0 Å². The second kappa shape index (κ2) is 7.82. The van der Waals surface area contributed by atoms with Crippen molar-refractivity contribution in [1.29, 1.82) is 0 Å². The van der Waals surface area contributed by atoms with Crippen LogP contribution in [-0.4, -0.2) is 17.5 Å². The normalized spacial score (nSPS) is 13.1. The lowest BCUT2D eigenvalue weighted by molar-refractivity contribution is -0.297. The molecule has 3 rings (SSSR count). The van der Waals surface area contributed by atoms with E-state index in [9.17, 15) is 4.79 Å². The molecule has 0 unspecified atom stereocenters. The average Bonchev–Trinajstić information content (AvgIpc) is 3.09. The summed E-state index contributed by atoms with van der Waals surface area (Å²) in [5, 5.41) is 10.4. The summed E-state index contributed by atoms with van der Waals surface area (Å²) in [6, 6.07) is 6.81. The van der Waals surface area contributed by atoms with Crippen LogP contribution < -0.4 is 10.4 Å². The highest BCUT2D eigenvalue weighted by Gasteiger charge is 2.14. The van der Waals surface area contributed by atoms with Crippen molar-refractivity contribution in [3.8, 4) is 5.75 Å². The van der Waals surface area contributed by atoms with Gasteiger partial charge in [-0.05, 0) is 51.5 Å². The molecule has 1 aromatic carbocycles. The van der Waals surface area contributed by atoms with E-state index >= 15 is 0 Å². The molecule has 0 aliphatic heterocycles. The molecule has 0 aliphatic carbocycles. The molecule has 27 heavy (non-hydrogen) atoms. The number of fused-ring (bicyclic) bond motifs is 2. The predicted molar refractivity (Wildman–Crippen MR) is 103 cm³/mol. The first-order valence-corrected chi connectivity index (χ1v) is 8.62. The molecule has 142 valence electrons. The Morgan fingerprint density at radius 2 is 2.00 bits per heavy atom. The minimum atomic E-state index is -0.720. The number of ether oxygens (including phenoxy) is 1. The third-order valence-corrected chi connectivity index (χ3v) is 4.14. The summed E-state index contributed by atoms with van der Waals surface area (Å²) in [6.07, 6.45) is 7.91. The van der Waals surface area contributed by atoms with Crippen LogP contribution in [0.5, 0.6) is 5.75 Å². The molecule has 0 saturated heterocycles. The van der Waals surface area contributed by atoms with Gasteiger partial charge in [-0.25, -0.2) is 9.68 Å². The van der Waals surface area contributed by atoms with Crippen LogP contribution in [0.25, 0.3) is 21.9 Å². The second-order valence-electron chi connectivity index (χ2n) is 6.88. The van der Waals surface area contributed by atoms with Gasteiger partial charge in [0.2, 0.25) is 5.75 Å². The molecule has 0 aliphatic rings. The molecule has 6 nitrogen and oxygen atoms in total. The SMILES string of the molecule is CC(=CCOc1c2occc2cc2ccc(=O)oc12)CC=CC(C)(C)OO. The van der Waals surface area contributed by atoms with Gasteiger partial charge >= 0.3 is 5.63 Å². The second-order valence-corrected chi connectivity index (χ2v) is 6.88. The van der Waals surface area contributed by atoms with Crippen LogP contribution in [0.1, 0.15) is 27.2 Å². The summed E-state index contributed by atoms with van der Waals surface area (Å²) in [6.45, 7) is 5.79. The monoisotopic (exact) mass is 370 g/mol. The van der Waals surface area contributed by atoms with Gasteiger partial charge in [0.05, 0.1) is 6.26 Å². The number of hydrogen-bond acceptors (Lipinski definition) is 6. The Hall–Kier alpha value is -2.83. The van der Waals surface area contributed by atoms with Crippen LogP contribution in [-0.2, 0) is 4.89 Å². The Morgan fingerprint density at radius 3 is 2.78 bits per heavy atom. The third-order valence-electron chi connectivity index (χ3n) is 4.14. The number of hydrogen-bond donors (Lipinski definition) is 1. The smallest absolute Gasteiger partial charge is 0.336 e. The van der Waals surface area contributed by atoms with Crippen molar-refractivity contribution in [3.05, 3.63) is 64.7 Å². The van der Waals surface area contributed by atoms with Crippen LogP contribution in [0.15, 0.2) is 68.0 Å². The van der Waals surface area contributed by atoms with E-state index in [1.807, 2.05) is 31.2 Å². The number of rotatable bonds is 7. The summed E-state index contributed by atoms with van der Waals surface area (Å²) >= 11 is 0. The Balaban J connectivity index is 1.79. The minimum absolute atomic E-state index is 0.299. The van der Waals surface area contributed by atoms with Gasteiger partial charge in [-0.1, -0.05) is 17.7 Å². The van der Waals surface area contributed by atoms with E-state index in [0.29, 0.717) is 29.9 Å². The highest BCUT2D eigenvalue weighted by molar-refractivity contribution is 5.99. The first-order chi connectivity index (χ1) is 12.9. The fourth-order valence-electron chi connectivity index (χ4n) is 2.65. The third kappa shape index (κ3) is 4.48. The Kier molecular flexibility index (Phi) is 5.48. The number of benzene rings is 1. The van der Waals surface area contributed by atoms with Gasteiger partial charge in [0.1, 0.15) is 12.2 Å². The van der Waals surface area contributed by atoms with Crippen molar-refractivity contribution in [2.24, 2.45) is 0 Å². The fraction of sp³-hybridized carbons (Fsp3) is 0.286. The Labute approximate surface area is 156 Å². The van der Waals surface area contributed by atoms with E-state index in [2.05, 4.69) is 4.89 Å². The van der Waals surface area contributed by atoms with Gasteiger partial charge in [0, 0.05) is 16.8 Å². The van der Waals surface area contributed by atoms with E-state index in [4.69, 9.17) is 18.8 Å². The van der Waals surface area contributed by atoms with Crippen LogP contribution in [0.3, 0.4) is 0 Å². The van der Waals surface area contributed by atoms with Gasteiger partial charge < -0.3 is 13.6 Å². The standard InChI is InChI=1S/C21H22O6/c1-14(5-4-10-21(2,3)27-23)8-11-25-20-18-16(9-12-24-18)13-15-6-7-17(22)26-19(15)20/h4,6-10,12-13,23H,5,11H2,1-3H3. The van der Waals surface area contributed by atoms with E-state index in [1.54, 1.807) is 32.3 Å². The first kappa shape index (κ1) is 18.9. The van der Waals surface area contributed by atoms with Gasteiger partial charge in [0.25, 0.3) is 0 Å². The molecule has 0 atom stereocenters. The summed E-state index contributed by atoms with van der Waals surface area (Å²) in [5.41, 5.74) is 0.839. The molecule has 2 aromatic heterocycles. The molecule has 1 N–H and O–H groups in total. The summed E-state index contributed by atoms with van der Waals surface area (Å²) in [5.74, 6) is 0.416. The number of allylic oxidation sites excluding steroid dienone is 2. The molecule has 0 bridgehead atoms. The topological polar surface area (TPSA) is 82.0 Å². The van der Waals surface area contributed by atoms with Crippen molar-refractivity contribution in [2.75, 3.05) is 6.61 Å². The highest BCUT2D eigenvalue weighted by atomic mass is 17.1. The predicted octanol–water partition coefficient (Wildman–Crippen LogP) is 5.08. The molecule has 0 spiro atoms. The molecular formula is C21H22O6. The summed E-state index contributed by atoms with van der Waals surface area (Å²) in [7, 11) is 0. The Bertz CT molecular complexity index is 1050. The van der Waals surface area contributed by atoms with E-state index < -0.39 is 11.2 Å². The quantitative estimate of drug-likeness (QED) is 0.270. The van der Waals surface area contributed by atoms with Crippen LogP contribution in [0, 0.1) is 0 Å². The maximum Gasteiger partial charge on any atom is 0.336 e. The van der Waals surface area contributed by atoms with Crippen LogP contribution in [0.2, 0.25) is 0 Å². The first-order valence-electron chi connectivity index (χ1n) is 8.62. The maximum absolute atomic E-state index is 11.6. The summed E-state index contributed by atoms with van der Waals surface area (Å²) < 4.78 is 16.7. The van der Waals surface area contributed by atoms with Crippen LogP contribution in [0.4, 0.5) is 0 Å². The molecule has 2 heterocycles. The molecule has 6 heteroatoms. The van der Waals surface area contributed by atoms with E-state index in [0.717, 1.165) is 16.3 Å². The Morgan fingerprint density at radius 1 is 1.22 bits per heavy atom. The van der Waals surface area contributed by atoms with Crippen molar-refractivity contribution in [3.63, 3.8) is 0 Å². The largest absolute Gasteiger partial charge is 0.482 e. The molecule has 0 amide bonds. The molecular weight excluding hydrogens is 348 g/mol. The van der Waals surface area contributed by atoms with Gasteiger partial charge in [-0.3, -0.25) is 5.26 Å². The zero-order valence-electron chi connectivity index (χ0n) is 15.5. The molecule has 0 radical (unpaired) electrons. The van der Waals surface area contributed by atoms with Crippen LogP contribution >= 0.6 is 0 Å². The average molecular weight is 370 g/mol. The zero-order chi connectivity index (χ0) is 19.4. The minimum Gasteiger partial charge on any atom is -0.482 e. The lowest BCUT2D eigenvalue weighted by Crippen LogP contribution is -2.18. The lowest BCUT2D eigenvalue weighted by Gasteiger charge is -2.14. The van der Waals surface area contributed by atoms with Gasteiger partial charge in [0.15, 0.2) is 11.2 Å². The van der Waals surface area contributed by atoms with Crippen molar-refractivity contribution in [2.45, 2.75) is 32.8 Å². The summed E-state index contributed by atoms with van der Waals surface area (Å²) in [4.78, 5) is 16.0. The van der Waals surface area contributed by atoms with Crippen molar-refractivity contribution >= 4 is 21.9 Å². The van der Waals surface area contributed by atoms with Crippen molar-refractivity contribution < 1.29 is 23.7 Å². The molecule has 3 aromatic rings. The lowest BCUT2D eigenvalue weighted by atomic mass is 10.1. The number of furan rings is 1. The zero-order valence-corrected chi connectivity index (χ0v) is 15.5. The molecule has 0 saturated carbocycles. The van der Waals surface area contributed by atoms with Gasteiger partial charge in [-0.2, -0.15) is 0 Å². The van der Waals surface area contributed by atoms with E-state index in [-0.39, 0.29) is 0 Å². The van der Waals surface area contributed by atoms with Gasteiger partial charge in [-0.15, -0.1) is 0 Å². The maximum atomic E-state index is 11.6. The van der Waals surface area contributed by atoms with E-state index in [1.165, 1.54) is 6.07 Å².